The predicted octanol–water partition coefficient (Wildman–Crippen LogP) is 1.04. The molecule has 1 aromatic heterocycles. The molecule has 20 heavy (non-hydrogen) atoms. The highest BCUT2D eigenvalue weighted by atomic mass is 35.5. The van der Waals surface area contributed by atoms with Gasteiger partial charge in [-0.2, -0.15) is 18.3 Å². The minimum atomic E-state index is -4.34. The van der Waals surface area contributed by atoms with E-state index in [4.69, 9.17) is 4.74 Å². The van der Waals surface area contributed by atoms with Crippen LogP contribution in [0.1, 0.15) is 0 Å². The molecule has 116 valence electrons. The second-order valence-corrected chi connectivity index (χ2v) is 3.76. The van der Waals surface area contributed by atoms with E-state index in [0.717, 1.165) is 6.20 Å². The molecule has 0 unspecified atom stereocenters. The highest BCUT2D eigenvalue weighted by molar-refractivity contribution is 5.91. The average molecular weight is 317 g/mol. The van der Waals surface area contributed by atoms with Crippen LogP contribution in [-0.2, 0) is 16.1 Å². The molecule has 0 saturated heterocycles. The zero-order valence-corrected chi connectivity index (χ0v) is 11.6. The van der Waals surface area contributed by atoms with E-state index >= 15 is 0 Å². The van der Waals surface area contributed by atoms with Crippen LogP contribution in [-0.4, -0.2) is 48.7 Å². The molecular weight excluding hydrogens is 301 g/mol. The number of nitrogens with zero attached hydrogens (tertiary/aromatic N) is 2. The van der Waals surface area contributed by atoms with E-state index in [0.29, 0.717) is 17.8 Å². The van der Waals surface area contributed by atoms with Gasteiger partial charge in [-0.1, -0.05) is 0 Å². The molecule has 0 spiro atoms. The zero-order valence-electron chi connectivity index (χ0n) is 10.7. The molecule has 0 radical (unpaired) electrons. The van der Waals surface area contributed by atoms with Crippen molar-refractivity contribution in [2.45, 2.75) is 12.7 Å². The summed E-state index contributed by atoms with van der Waals surface area (Å²) in [6, 6.07) is 0. The lowest BCUT2D eigenvalue weighted by Crippen LogP contribution is -2.30. The van der Waals surface area contributed by atoms with Gasteiger partial charge >= 0.3 is 6.18 Å². The molecule has 0 aliphatic heterocycles. The number of carbonyl (C=O) groups is 1. The van der Waals surface area contributed by atoms with E-state index < -0.39 is 12.7 Å². The maximum Gasteiger partial charge on any atom is 0.408 e. The average Bonchev–Trinajstić information content (AvgIpc) is 2.69. The molecule has 1 aromatic rings. The normalized spacial score (nSPS) is 11.0. The van der Waals surface area contributed by atoms with Crippen molar-refractivity contribution in [3.05, 3.63) is 12.4 Å². The van der Waals surface area contributed by atoms with Gasteiger partial charge in [0.05, 0.1) is 25.0 Å². The summed E-state index contributed by atoms with van der Waals surface area (Å²) >= 11 is 0. The van der Waals surface area contributed by atoms with Crippen LogP contribution in [0.15, 0.2) is 12.4 Å². The summed E-state index contributed by atoms with van der Waals surface area (Å²) in [4.78, 5) is 11.4. The van der Waals surface area contributed by atoms with Crippen molar-refractivity contribution in [1.82, 2.24) is 15.1 Å². The SMILES string of the molecule is COCCNCC(=O)Nc1cnn(CC(F)(F)F)c1.Cl. The maximum atomic E-state index is 12.1. The van der Waals surface area contributed by atoms with Gasteiger partial charge in [0.1, 0.15) is 6.54 Å². The van der Waals surface area contributed by atoms with Gasteiger partial charge in [-0.3, -0.25) is 9.48 Å². The quantitative estimate of drug-likeness (QED) is 0.738. The first-order valence-electron chi connectivity index (χ1n) is 5.49. The van der Waals surface area contributed by atoms with Crippen LogP contribution < -0.4 is 10.6 Å². The molecule has 0 aromatic carbocycles. The fraction of sp³-hybridized carbons (Fsp3) is 0.600. The number of ether oxygens (including phenoxy) is 1. The van der Waals surface area contributed by atoms with Crippen molar-refractivity contribution in [2.24, 2.45) is 0 Å². The van der Waals surface area contributed by atoms with Crippen LogP contribution in [0.4, 0.5) is 18.9 Å². The zero-order chi connectivity index (χ0) is 14.3. The van der Waals surface area contributed by atoms with Crippen LogP contribution in [0.5, 0.6) is 0 Å². The molecule has 2 N–H and O–H groups in total. The molecule has 0 atom stereocenters. The molecule has 1 amide bonds. The number of hydrogen-bond donors (Lipinski definition) is 2. The standard InChI is InChI=1S/C10H15F3N4O2.ClH/c1-19-3-2-14-5-9(18)16-8-4-15-17(6-8)7-10(11,12)13;/h4,6,14H,2-3,5,7H2,1H3,(H,16,18);1H. The van der Waals surface area contributed by atoms with Gasteiger partial charge in [-0.15, -0.1) is 12.4 Å². The number of halogens is 4. The smallest absolute Gasteiger partial charge is 0.383 e. The molecule has 0 saturated carbocycles. The first kappa shape index (κ1) is 18.7. The van der Waals surface area contributed by atoms with Crippen LogP contribution in [0.3, 0.4) is 0 Å². The Morgan fingerprint density at radius 2 is 2.20 bits per heavy atom. The molecule has 1 rings (SSSR count). The van der Waals surface area contributed by atoms with Crippen molar-refractivity contribution in [2.75, 3.05) is 32.1 Å². The summed E-state index contributed by atoms with van der Waals surface area (Å²) in [5, 5.41) is 8.75. The number of aromatic nitrogens is 2. The van der Waals surface area contributed by atoms with Crippen molar-refractivity contribution in [3.63, 3.8) is 0 Å². The van der Waals surface area contributed by atoms with E-state index in [9.17, 15) is 18.0 Å². The van der Waals surface area contributed by atoms with Crippen LogP contribution in [0.25, 0.3) is 0 Å². The fourth-order valence-electron chi connectivity index (χ4n) is 1.28. The van der Waals surface area contributed by atoms with Gasteiger partial charge in [0.2, 0.25) is 5.91 Å². The Kier molecular flexibility index (Phi) is 8.19. The van der Waals surface area contributed by atoms with E-state index in [2.05, 4.69) is 15.7 Å². The topological polar surface area (TPSA) is 68.2 Å². The Bertz CT molecular complexity index is 411. The summed E-state index contributed by atoms with van der Waals surface area (Å²) < 4.78 is 41.7. The number of carbonyl (C=O) groups excluding carboxylic acids is 1. The van der Waals surface area contributed by atoms with Crippen LogP contribution >= 0.6 is 12.4 Å². The van der Waals surface area contributed by atoms with E-state index in [-0.39, 0.29) is 30.5 Å². The minimum absolute atomic E-state index is 0. The Balaban J connectivity index is 0.00000361. The lowest BCUT2D eigenvalue weighted by atomic mass is 10.5. The summed E-state index contributed by atoms with van der Waals surface area (Å²) in [7, 11) is 1.54. The Hall–Kier alpha value is -1.32. The van der Waals surface area contributed by atoms with Crippen molar-refractivity contribution >= 4 is 24.0 Å². The Morgan fingerprint density at radius 3 is 2.80 bits per heavy atom. The third kappa shape index (κ3) is 7.97. The lowest BCUT2D eigenvalue weighted by molar-refractivity contribution is -0.142. The highest BCUT2D eigenvalue weighted by Crippen LogP contribution is 2.17. The van der Waals surface area contributed by atoms with E-state index in [1.165, 1.54) is 13.3 Å². The van der Waals surface area contributed by atoms with E-state index in [1.54, 1.807) is 0 Å². The van der Waals surface area contributed by atoms with E-state index in [1.807, 2.05) is 0 Å². The number of alkyl halides is 3. The van der Waals surface area contributed by atoms with Gasteiger partial charge < -0.3 is 15.4 Å². The first-order valence-corrected chi connectivity index (χ1v) is 5.49. The van der Waals surface area contributed by atoms with Gasteiger partial charge in [-0.05, 0) is 0 Å². The largest absolute Gasteiger partial charge is 0.408 e. The predicted molar refractivity (Wildman–Crippen MR) is 68.9 cm³/mol. The summed E-state index contributed by atoms with van der Waals surface area (Å²) in [5.74, 6) is -0.359. The molecule has 0 aliphatic rings. The second-order valence-electron chi connectivity index (χ2n) is 3.76. The molecule has 1 heterocycles. The highest BCUT2D eigenvalue weighted by Gasteiger charge is 2.28. The van der Waals surface area contributed by atoms with Gasteiger partial charge in [0.15, 0.2) is 0 Å². The van der Waals surface area contributed by atoms with Crippen LogP contribution in [0, 0.1) is 0 Å². The van der Waals surface area contributed by atoms with Crippen molar-refractivity contribution < 1.29 is 22.7 Å². The second kappa shape index (κ2) is 8.77. The number of amides is 1. The molecule has 0 bridgehead atoms. The number of hydrogen-bond acceptors (Lipinski definition) is 4. The third-order valence-electron chi connectivity index (χ3n) is 2.03. The van der Waals surface area contributed by atoms with Gasteiger partial charge in [-0.25, -0.2) is 0 Å². The molecular formula is C10H16ClF3N4O2. The first-order chi connectivity index (χ1) is 8.90. The number of rotatable bonds is 7. The van der Waals surface area contributed by atoms with Crippen molar-refractivity contribution in [1.29, 1.82) is 0 Å². The van der Waals surface area contributed by atoms with Crippen molar-refractivity contribution in [3.8, 4) is 0 Å². The maximum absolute atomic E-state index is 12.1. The fourth-order valence-corrected chi connectivity index (χ4v) is 1.28. The van der Waals surface area contributed by atoms with Gasteiger partial charge in [0, 0.05) is 19.9 Å². The monoisotopic (exact) mass is 316 g/mol. The number of methoxy groups -OCH3 is 1. The Morgan fingerprint density at radius 1 is 1.50 bits per heavy atom. The summed E-state index contributed by atoms with van der Waals surface area (Å²) in [6.45, 7) is -0.156. The third-order valence-corrected chi connectivity index (χ3v) is 2.03. The number of anilines is 1. The molecule has 0 aliphatic carbocycles. The summed E-state index contributed by atoms with van der Waals surface area (Å²) in [5.41, 5.74) is 0.225. The Labute approximate surface area is 120 Å². The minimum Gasteiger partial charge on any atom is -0.383 e. The van der Waals surface area contributed by atoms with Gasteiger partial charge in [0.25, 0.3) is 0 Å². The molecule has 10 heteroatoms. The number of nitrogens with one attached hydrogen (secondary N) is 2. The molecule has 6 nitrogen and oxygen atoms in total. The molecule has 0 fully saturated rings. The summed E-state index contributed by atoms with van der Waals surface area (Å²) in [6.07, 6.45) is -2.05. The van der Waals surface area contributed by atoms with Crippen LogP contribution in [0.2, 0.25) is 0 Å². The lowest BCUT2D eigenvalue weighted by Gasteiger charge is -2.05.